The van der Waals surface area contributed by atoms with Crippen LogP contribution in [0.3, 0.4) is 0 Å². The first-order valence-corrected chi connectivity index (χ1v) is 6.94. The molecule has 0 saturated carbocycles. The number of nitro benzene ring substituents is 1. The van der Waals surface area contributed by atoms with Crippen LogP contribution in [0.2, 0.25) is 0 Å². The molecular formula is C14H20N2O6. The maximum Gasteiger partial charge on any atom is 0.292 e. The van der Waals surface area contributed by atoms with E-state index in [0.717, 1.165) is 11.1 Å². The van der Waals surface area contributed by atoms with Gasteiger partial charge in [0.05, 0.1) is 11.0 Å². The van der Waals surface area contributed by atoms with Gasteiger partial charge in [0, 0.05) is 6.07 Å². The SMILES string of the molecule is Cc1cc(N[C@H]2O[C@H](C)[C@@H](O)[C@H](O)[C@@H]2O)c([N+](=O)[O-])cc1C. The Bertz CT molecular complexity index is 579. The van der Waals surface area contributed by atoms with E-state index in [1.807, 2.05) is 6.92 Å². The standard InChI is InChI=1S/C14H20N2O6/c1-6-4-9(10(16(20)21)5-7(6)2)15-14-13(19)12(18)11(17)8(3)22-14/h4-5,8,11-15,17-19H,1-3H3/t8-,11-,12+,13+,14+/m1/s1. The van der Waals surface area contributed by atoms with Crippen LogP contribution in [0.25, 0.3) is 0 Å². The fraction of sp³-hybridized carbons (Fsp3) is 0.571. The molecule has 1 aliphatic rings. The summed E-state index contributed by atoms with van der Waals surface area (Å²) in [5, 5.41) is 43.3. The number of benzene rings is 1. The van der Waals surface area contributed by atoms with Crippen molar-refractivity contribution in [1.29, 1.82) is 0 Å². The van der Waals surface area contributed by atoms with E-state index < -0.39 is 35.6 Å². The van der Waals surface area contributed by atoms with Gasteiger partial charge in [0.1, 0.15) is 24.0 Å². The Hall–Kier alpha value is -1.74. The zero-order valence-electron chi connectivity index (χ0n) is 12.6. The molecule has 0 spiro atoms. The molecule has 1 fully saturated rings. The Morgan fingerprint density at radius 2 is 1.73 bits per heavy atom. The van der Waals surface area contributed by atoms with Crippen molar-refractivity contribution >= 4 is 11.4 Å². The molecule has 0 aromatic heterocycles. The second kappa shape index (κ2) is 6.17. The van der Waals surface area contributed by atoms with Crippen molar-refractivity contribution in [2.75, 3.05) is 5.32 Å². The summed E-state index contributed by atoms with van der Waals surface area (Å²) in [6.07, 6.45) is -5.81. The van der Waals surface area contributed by atoms with Crippen LogP contribution in [-0.4, -0.2) is 50.9 Å². The second-order valence-corrected chi connectivity index (χ2v) is 5.59. The summed E-state index contributed by atoms with van der Waals surface area (Å²) >= 11 is 0. The number of aryl methyl sites for hydroxylation is 2. The molecule has 2 rings (SSSR count). The predicted molar refractivity (Wildman–Crippen MR) is 78.5 cm³/mol. The van der Waals surface area contributed by atoms with Gasteiger partial charge < -0.3 is 25.4 Å². The molecule has 8 nitrogen and oxygen atoms in total. The summed E-state index contributed by atoms with van der Waals surface area (Å²) in [4.78, 5) is 10.6. The summed E-state index contributed by atoms with van der Waals surface area (Å²) in [5.41, 5.74) is 1.65. The first kappa shape index (κ1) is 16.6. The number of rotatable bonds is 3. The lowest BCUT2D eigenvalue weighted by molar-refractivity contribution is -0.384. The van der Waals surface area contributed by atoms with Gasteiger partial charge in [0.15, 0.2) is 6.23 Å². The first-order valence-electron chi connectivity index (χ1n) is 6.94. The lowest BCUT2D eigenvalue weighted by atomic mass is 9.98. The number of hydrogen-bond donors (Lipinski definition) is 4. The maximum atomic E-state index is 11.2. The first-order chi connectivity index (χ1) is 10.2. The van der Waals surface area contributed by atoms with Gasteiger partial charge in [-0.25, -0.2) is 0 Å². The van der Waals surface area contributed by atoms with E-state index in [-0.39, 0.29) is 11.4 Å². The lowest BCUT2D eigenvalue weighted by Crippen LogP contribution is -2.58. The van der Waals surface area contributed by atoms with Crippen LogP contribution in [-0.2, 0) is 4.74 Å². The third kappa shape index (κ3) is 3.05. The largest absolute Gasteiger partial charge is 0.388 e. The van der Waals surface area contributed by atoms with E-state index in [0.29, 0.717) is 0 Å². The van der Waals surface area contributed by atoms with E-state index in [9.17, 15) is 25.4 Å². The monoisotopic (exact) mass is 312 g/mol. The zero-order chi connectivity index (χ0) is 16.6. The maximum absolute atomic E-state index is 11.2. The molecule has 1 heterocycles. The highest BCUT2D eigenvalue weighted by molar-refractivity contribution is 5.64. The van der Waals surface area contributed by atoms with Gasteiger partial charge in [-0.1, -0.05) is 0 Å². The molecule has 122 valence electrons. The smallest absolute Gasteiger partial charge is 0.292 e. The van der Waals surface area contributed by atoms with Gasteiger partial charge in [0.25, 0.3) is 5.69 Å². The molecular weight excluding hydrogens is 292 g/mol. The van der Waals surface area contributed by atoms with Crippen molar-refractivity contribution in [3.63, 3.8) is 0 Å². The molecule has 4 N–H and O–H groups in total. The summed E-state index contributed by atoms with van der Waals surface area (Å²) in [6.45, 7) is 5.12. The Morgan fingerprint density at radius 3 is 2.32 bits per heavy atom. The number of nitro groups is 1. The van der Waals surface area contributed by atoms with Crippen molar-refractivity contribution < 1.29 is 25.0 Å². The molecule has 1 saturated heterocycles. The summed E-state index contributed by atoms with van der Waals surface area (Å²) in [6, 6.07) is 3.02. The van der Waals surface area contributed by atoms with Crippen LogP contribution in [0.4, 0.5) is 11.4 Å². The second-order valence-electron chi connectivity index (χ2n) is 5.59. The zero-order valence-corrected chi connectivity index (χ0v) is 12.6. The number of anilines is 1. The molecule has 0 aliphatic carbocycles. The Balaban J connectivity index is 2.30. The number of ether oxygens (including phenoxy) is 1. The van der Waals surface area contributed by atoms with Crippen LogP contribution in [0.1, 0.15) is 18.1 Å². The molecule has 22 heavy (non-hydrogen) atoms. The molecule has 0 amide bonds. The van der Waals surface area contributed by atoms with Gasteiger partial charge in [0.2, 0.25) is 0 Å². The number of aliphatic hydroxyl groups is 3. The van der Waals surface area contributed by atoms with Crippen LogP contribution in [0, 0.1) is 24.0 Å². The van der Waals surface area contributed by atoms with Crippen molar-refractivity contribution in [2.45, 2.75) is 51.4 Å². The van der Waals surface area contributed by atoms with Crippen LogP contribution < -0.4 is 5.32 Å². The minimum atomic E-state index is -1.41. The summed E-state index contributed by atoms with van der Waals surface area (Å²) < 4.78 is 5.40. The van der Waals surface area contributed by atoms with Gasteiger partial charge in [-0.05, 0) is 38.0 Å². The topological polar surface area (TPSA) is 125 Å². The predicted octanol–water partition coefficient (Wildman–Crippen LogP) is 0.451. The number of aliphatic hydroxyl groups excluding tert-OH is 3. The lowest BCUT2D eigenvalue weighted by Gasteiger charge is -2.39. The van der Waals surface area contributed by atoms with E-state index in [4.69, 9.17) is 4.74 Å². The van der Waals surface area contributed by atoms with E-state index >= 15 is 0 Å². The average molecular weight is 312 g/mol. The van der Waals surface area contributed by atoms with Gasteiger partial charge in [-0.2, -0.15) is 0 Å². The fourth-order valence-electron chi connectivity index (χ4n) is 2.39. The quantitative estimate of drug-likeness (QED) is 0.471. The van der Waals surface area contributed by atoms with Gasteiger partial charge >= 0.3 is 0 Å². The Labute approximate surface area is 127 Å². The minimum Gasteiger partial charge on any atom is -0.388 e. The highest BCUT2D eigenvalue weighted by Crippen LogP contribution is 2.31. The van der Waals surface area contributed by atoms with Crippen LogP contribution in [0.15, 0.2) is 12.1 Å². The third-order valence-corrected chi connectivity index (χ3v) is 3.96. The molecule has 5 atom stereocenters. The number of hydrogen-bond acceptors (Lipinski definition) is 7. The molecule has 0 bridgehead atoms. The molecule has 1 aliphatic heterocycles. The van der Waals surface area contributed by atoms with Crippen LogP contribution >= 0.6 is 0 Å². The minimum absolute atomic E-state index is 0.146. The molecule has 0 unspecified atom stereocenters. The molecule has 1 aromatic rings. The van der Waals surface area contributed by atoms with E-state index in [1.54, 1.807) is 19.9 Å². The van der Waals surface area contributed by atoms with E-state index in [2.05, 4.69) is 5.32 Å². The van der Waals surface area contributed by atoms with Crippen molar-refractivity contribution in [3.05, 3.63) is 33.4 Å². The average Bonchev–Trinajstić information content (AvgIpc) is 2.45. The Kier molecular flexibility index (Phi) is 4.66. The summed E-state index contributed by atoms with van der Waals surface area (Å²) in [7, 11) is 0. The number of nitrogens with zero attached hydrogens (tertiary/aromatic N) is 1. The normalized spacial score (nSPS) is 31.8. The molecule has 0 radical (unpaired) electrons. The number of nitrogens with one attached hydrogen (secondary N) is 1. The molecule has 1 aromatic carbocycles. The third-order valence-electron chi connectivity index (χ3n) is 3.96. The van der Waals surface area contributed by atoms with Crippen molar-refractivity contribution in [2.24, 2.45) is 0 Å². The van der Waals surface area contributed by atoms with E-state index in [1.165, 1.54) is 6.07 Å². The summed E-state index contributed by atoms with van der Waals surface area (Å²) in [5.74, 6) is 0. The highest BCUT2D eigenvalue weighted by Gasteiger charge is 2.42. The van der Waals surface area contributed by atoms with Crippen molar-refractivity contribution in [1.82, 2.24) is 0 Å². The van der Waals surface area contributed by atoms with Gasteiger partial charge in [-0.15, -0.1) is 0 Å². The fourth-order valence-corrected chi connectivity index (χ4v) is 2.39. The van der Waals surface area contributed by atoms with Crippen LogP contribution in [0.5, 0.6) is 0 Å². The Morgan fingerprint density at radius 1 is 1.14 bits per heavy atom. The van der Waals surface area contributed by atoms with Gasteiger partial charge in [-0.3, -0.25) is 10.1 Å². The molecule has 8 heteroatoms. The highest BCUT2D eigenvalue weighted by atomic mass is 16.6. The van der Waals surface area contributed by atoms with Crippen molar-refractivity contribution in [3.8, 4) is 0 Å².